The Bertz CT molecular complexity index is 1330. The number of nitrogens with zero attached hydrogens (tertiary/aromatic N) is 1. The summed E-state index contributed by atoms with van der Waals surface area (Å²) in [4.78, 5) is 15.2. The summed E-state index contributed by atoms with van der Waals surface area (Å²) in [5.41, 5.74) is -0.291. The quantitative estimate of drug-likeness (QED) is 0.380. The van der Waals surface area contributed by atoms with E-state index >= 15 is 0 Å². The van der Waals surface area contributed by atoms with Crippen LogP contribution in [0, 0.1) is 17.5 Å². The van der Waals surface area contributed by atoms with Crippen molar-refractivity contribution in [3.8, 4) is 5.88 Å². The number of carboxylic acid groups (broad SMARTS) is 1. The predicted molar refractivity (Wildman–Crippen MR) is 114 cm³/mol. The second-order valence-corrected chi connectivity index (χ2v) is 7.91. The van der Waals surface area contributed by atoms with Crippen molar-refractivity contribution in [1.82, 2.24) is 4.98 Å². The molecule has 182 valence electrons. The van der Waals surface area contributed by atoms with Crippen LogP contribution in [0.5, 0.6) is 5.88 Å². The molecule has 0 saturated carbocycles. The van der Waals surface area contributed by atoms with E-state index in [4.69, 9.17) is 4.74 Å². The van der Waals surface area contributed by atoms with Crippen molar-refractivity contribution in [3.63, 3.8) is 0 Å². The molecule has 3 aromatic rings. The molecule has 0 radical (unpaired) electrons. The molecule has 1 aliphatic rings. The number of carbonyl (C=O) groups is 1. The van der Waals surface area contributed by atoms with E-state index in [9.17, 15) is 36.2 Å². The van der Waals surface area contributed by atoms with Gasteiger partial charge in [0.2, 0.25) is 5.88 Å². The molecule has 1 heterocycles. The smallest absolute Gasteiger partial charge is 0.417 e. The van der Waals surface area contributed by atoms with E-state index in [1.807, 2.05) is 0 Å². The van der Waals surface area contributed by atoms with Crippen molar-refractivity contribution < 1.29 is 41.0 Å². The van der Waals surface area contributed by atoms with Gasteiger partial charge in [-0.3, -0.25) is 0 Å². The number of aromatic carboxylic acids is 1. The second-order valence-electron chi connectivity index (χ2n) is 7.91. The molecule has 2 aromatic carbocycles. The molecular weight excluding hydrogens is 476 g/mol. The molecule has 0 spiro atoms. The van der Waals surface area contributed by atoms with Crippen LogP contribution in [0.25, 0.3) is 11.1 Å². The third-order valence-electron chi connectivity index (χ3n) is 5.65. The lowest BCUT2D eigenvalue weighted by Crippen LogP contribution is -2.09. The number of halogens is 6. The number of carboxylic acids is 1. The first-order valence-corrected chi connectivity index (χ1v) is 10.4. The molecule has 0 amide bonds. The molecule has 0 aliphatic heterocycles. The van der Waals surface area contributed by atoms with Crippen molar-refractivity contribution in [2.75, 3.05) is 0 Å². The molecule has 0 bridgehead atoms. The highest BCUT2D eigenvalue weighted by molar-refractivity contribution is 5.96. The Kier molecular flexibility index (Phi) is 6.56. The van der Waals surface area contributed by atoms with Gasteiger partial charge in [-0.2, -0.15) is 13.2 Å². The maximum absolute atomic E-state index is 14.0. The minimum absolute atomic E-state index is 0.0102. The topological polar surface area (TPSA) is 59.4 Å². The largest absolute Gasteiger partial charge is 0.478 e. The van der Waals surface area contributed by atoms with Gasteiger partial charge in [-0.05, 0) is 66.3 Å². The number of hydrogen-bond donors (Lipinski definition) is 1. The Morgan fingerprint density at radius 3 is 2.40 bits per heavy atom. The highest BCUT2D eigenvalue weighted by Crippen LogP contribution is 2.44. The Morgan fingerprint density at radius 1 is 0.971 bits per heavy atom. The highest BCUT2D eigenvalue weighted by atomic mass is 19.4. The molecule has 0 saturated heterocycles. The van der Waals surface area contributed by atoms with Gasteiger partial charge in [0.15, 0.2) is 0 Å². The predicted octanol–water partition coefficient (Wildman–Crippen LogP) is 6.89. The number of hydrogen-bond acceptors (Lipinski definition) is 3. The van der Waals surface area contributed by atoms with Crippen molar-refractivity contribution in [1.29, 1.82) is 0 Å². The van der Waals surface area contributed by atoms with E-state index in [-0.39, 0.29) is 17.0 Å². The van der Waals surface area contributed by atoms with E-state index in [2.05, 4.69) is 4.98 Å². The SMILES string of the molecule is O=C(O)c1cc(C2=C(c3cc(C(F)(F)F)cnc3OCc3ccc(F)cc3F)CCC2)ccc1F. The average Bonchev–Trinajstić information content (AvgIpc) is 3.27. The van der Waals surface area contributed by atoms with Crippen molar-refractivity contribution >= 4 is 17.1 Å². The van der Waals surface area contributed by atoms with E-state index in [1.165, 1.54) is 6.07 Å². The first kappa shape index (κ1) is 24.3. The lowest BCUT2D eigenvalue weighted by molar-refractivity contribution is -0.137. The van der Waals surface area contributed by atoms with Crippen LogP contribution >= 0.6 is 0 Å². The van der Waals surface area contributed by atoms with Gasteiger partial charge in [0.05, 0.1) is 11.1 Å². The van der Waals surface area contributed by atoms with Gasteiger partial charge in [-0.15, -0.1) is 0 Å². The number of alkyl halides is 3. The zero-order valence-electron chi connectivity index (χ0n) is 17.9. The monoisotopic (exact) mass is 493 g/mol. The van der Waals surface area contributed by atoms with Crippen molar-refractivity contribution in [2.24, 2.45) is 0 Å². The van der Waals surface area contributed by atoms with Gasteiger partial charge < -0.3 is 9.84 Å². The maximum atomic E-state index is 14.0. The van der Waals surface area contributed by atoms with E-state index in [1.54, 1.807) is 0 Å². The summed E-state index contributed by atoms with van der Waals surface area (Å²) in [5, 5.41) is 9.24. The Morgan fingerprint density at radius 2 is 1.71 bits per heavy atom. The Hall–Kier alpha value is -3.82. The van der Waals surface area contributed by atoms with Crippen LogP contribution in [-0.4, -0.2) is 16.1 Å². The molecule has 0 atom stereocenters. The van der Waals surface area contributed by atoms with Crippen molar-refractivity contribution in [2.45, 2.75) is 32.0 Å². The zero-order chi connectivity index (χ0) is 25.3. The van der Waals surface area contributed by atoms with Gasteiger partial charge in [-0.25, -0.2) is 22.9 Å². The highest BCUT2D eigenvalue weighted by Gasteiger charge is 2.33. The fourth-order valence-electron chi connectivity index (χ4n) is 3.96. The summed E-state index contributed by atoms with van der Waals surface area (Å²) in [7, 11) is 0. The summed E-state index contributed by atoms with van der Waals surface area (Å²) in [6.45, 7) is -0.417. The first-order valence-electron chi connectivity index (χ1n) is 10.4. The Balaban J connectivity index is 1.80. The minimum Gasteiger partial charge on any atom is -0.478 e. The summed E-state index contributed by atoms with van der Waals surface area (Å²) < 4.78 is 87.0. The van der Waals surface area contributed by atoms with Gasteiger partial charge in [0, 0.05) is 23.4 Å². The number of pyridine rings is 1. The number of aromatic nitrogens is 1. The molecule has 1 N–H and O–H groups in total. The van der Waals surface area contributed by atoms with Gasteiger partial charge in [-0.1, -0.05) is 6.07 Å². The number of rotatable bonds is 6. The van der Waals surface area contributed by atoms with E-state index in [0.717, 1.165) is 30.3 Å². The normalized spacial score (nSPS) is 13.9. The van der Waals surface area contributed by atoms with Crippen LogP contribution < -0.4 is 4.74 Å². The molecule has 35 heavy (non-hydrogen) atoms. The van der Waals surface area contributed by atoms with E-state index < -0.39 is 47.3 Å². The molecular formula is C25H17F6NO3. The standard InChI is InChI=1S/C25H17F6NO3/c26-16-6-4-14(22(28)10-16)12-35-23-19(9-15(11-32-23)25(29,30)31)18-3-1-2-17(18)13-5-7-21(27)20(8-13)24(33)34/h4-11H,1-3,12H2,(H,33,34). The Labute approximate surface area is 195 Å². The zero-order valence-corrected chi connectivity index (χ0v) is 17.9. The van der Waals surface area contributed by atoms with Gasteiger partial charge >= 0.3 is 12.1 Å². The fourth-order valence-corrected chi connectivity index (χ4v) is 3.96. The third-order valence-corrected chi connectivity index (χ3v) is 5.65. The lowest BCUT2D eigenvalue weighted by Gasteiger charge is -2.16. The summed E-state index contributed by atoms with van der Waals surface area (Å²) in [6.07, 6.45) is -2.82. The number of ether oxygens (including phenoxy) is 1. The average molecular weight is 493 g/mol. The molecule has 0 unspecified atom stereocenters. The fraction of sp³-hybridized carbons (Fsp3) is 0.200. The van der Waals surface area contributed by atoms with Crippen molar-refractivity contribution in [3.05, 3.63) is 93.9 Å². The first-order chi connectivity index (χ1) is 16.5. The van der Waals surface area contributed by atoms with Crippen LogP contribution in [0.4, 0.5) is 26.3 Å². The van der Waals surface area contributed by atoms with Crippen LogP contribution in [0.15, 0.2) is 48.7 Å². The van der Waals surface area contributed by atoms with Crippen LogP contribution in [0.2, 0.25) is 0 Å². The van der Waals surface area contributed by atoms with Crippen LogP contribution in [0.3, 0.4) is 0 Å². The van der Waals surface area contributed by atoms with Gasteiger partial charge in [0.1, 0.15) is 24.1 Å². The molecule has 10 heteroatoms. The summed E-state index contributed by atoms with van der Waals surface area (Å²) in [6, 6.07) is 7.18. The summed E-state index contributed by atoms with van der Waals surface area (Å²) >= 11 is 0. The van der Waals surface area contributed by atoms with Gasteiger partial charge in [0.25, 0.3) is 0 Å². The summed E-state index contributed by atoms with van der Waals surface area (Å²) in [5.74, 6) is -4.29. The molecule has 1 aliphatic carbocycles. The molecule has 4 rings (SSSR count). The lowest BCUT2D eigenvalue weighted by atomic mass is 9.95. The molecule has 4 nitrogen and oxygen atoms in total. The molecule has 0 fully saturated rings. The van der Waals surface area contributed by atoms with E-state index in [0.29, 0.717) is 48.2 Å². The molecule has 1 aromatic heterocycles. The third kappa shape index (κ3) is 5.16. The minimum atomic E-state index is -4.70. The van der Waals surface area contributed by atoms with Crippen LogP contribution in [-0.2, 0) is 12.8 Å². The number of benzene rings is 2. The van der Waals surface area contributed by atoms with Crippen LogP contribution in [0.1, 0.15) is 51.9 Å². The number of allylic oxidation sites excluding steroid dienone is 2. The maximum Gasteiger partial charge on any atom is 0.417 e. The second kappa shape index (κ2) is 9.44.